The molecule has 1 unspecified atom stereocenters. The van der Waals surface area contributed by atoms with Crippen LogP contribution in [0.5, 0.6) is 5.75 Å². The van der Waals surface area contributed by atoms with E-state index in [1.54, 1.807) is 0 Å². The highest BCUT2D eigenvalue weighted by atomic mass is 19.1. The number of hydrogen-bond donors (Lipinski definition) is 1. The smallest absolute Gasteiger partial charge is 0.314 e. The molecule has 0 amide bonds. The maximum absolute atomic E-state index is 13.8. The second-order valence-corrected chi connectivity index (χ2v) is 4.59. The lowest BCUT2D eigenvalue weighted by atomic mass is 9.92. The number of carboxylic acids is 1. The minimum Gasteiger partial charge on any atom is -0.493 e. The molecule has 1 aromatic carbocycles. The van der Waals surface area contributed by atoms with Gasteiger partial charge in [-0.3, -0.25) is 4.79 Å². The van der Waals surface area contributed by atoms with Crippen LogP contribution in [-0.2, 0) is 10.2 Å². The van der Waals surface area contributed by atoms with Gasteiger partial charge in [0.05, 0.1) is 12.5 Å². The maximum Gasteiger partial charge on any atom is 0.314 e. The first-order valence-corrected chi connectivity index (χ1v) is 5.68. The third-order valence-corrected chi connectivity index (χ3v) is 3.40. The molecule has 0 heterocycles. The van der Waals surface area contributed by atoms with Crippen molar-refractivity contribution in [3.63, 3.8) is 0 Å². The molecule has 2 rings (SSSR count). The molecule has 1 atom stereocenters. The summed E-state index contributed by atoms with van der Waals surface area (Å²) in [4.78, 5) is 11.3. The van der Waals surface area contributed by atoms with Crippen LogP contribution in [0.15, 0.2) is 12.1 Å². The lowest BCUT2D eigenvalue weighted by molar-refractivity contribution is -0.140. The van der Waals surface area contributed by atoms with Gasteiger partial charge in [0.25, 0.3) is 0 Å². The standard InChI is InChI=1S/C13H14F2O3/c1-7(14)8-5-9(11(18-2)10(15)6-8)13(3-4-13)12(16)17/h5-7H,3-4H2,1-2H3,(H,16,17). The highest BCUT2D eigenvalue weighted by Gasteiger charge is 2.54. The summed E-state index contributed by atoms with van der Waals surface area (Å²) in [7, 11) is 1.28. The molecule has 1 saturated carbocycles. The number of benzene rings is 1. The molecule has 1 aliphatic rings. The first-order chi connectivity index (χ1) is 8.42. The van der Waals surface area contributed by atoms with Gasteiger partial charge in [-0.25, -0.2) is 8.78 Å². The maximum atomic E-state index is 13.8. The average molecular weight is 256 g/mol. The van der Waals surface area contributed by atoms with E-state index in [0.29, 0.717) is 12.8 Å². The number of rotatable bonds is 4. The molecule has 18 heavy (non-hydrogen) atoms. The number of carboxylic acid groups (broad SMARTS) is 1. The van der Waals surface area contributed by atoms with E-state index in [0.717, 1.165) is 6.07 Å². The first-order valence-electron chi connectivity index (χ1n) is 5.68. The van der Waals surface area contributed by atoms with Crippen molar-refractivity contribution in [3.8, 4) is 5.75 Å². The average Bonchev–Trinajstić information content (AvgIpc) is 3.08. The van der Waals surface area contributed by atoms with E-state index in [-0.39, 0.29) is 16.9 Å². The predicted octanol–water partition coefficient (Wildman–Crippen LogP) is 2.98. The molecule has 0 spiro atoms. The Bertz CT molecular complexity index is 493. The monoisotopic (exact) mass is 256 g/mol. The summed E-state index contributed by atoms with van der Waals surface area (Å²) in [5.74, 6) is -1.84. The lowest BCUT2D eigenvalue weighted by Gasteiger charge is -2.17. The van der Waals surface area contributed by atoms with Crippen LogP contribution in [0.2, 0.25) is 0 Å². The predicted molar refractivity (Wildman–Crippen MR) is 61.0 cm³/mol. The third-order valence-electron chi connectivity index (χ3n) is 3.40. The Morgan fingerprint density at radius 2 is 2.11 bits per heavy atom. The summed E-state index contributed by atoms with van der Waals surface area (Å²) >= 11 is 0. The van der Waals surface area contributed by atoms with Crippen LogP contribution in [0, 0.1) is 5.82 Å². The summed E-state index contributed by atoms with van der Waals surface area (Å²) < 4.78 is 32.0. The van der Waals surface area contributed by atoms with Crippen LogP contribution in [-0.4, -0.2) is 18.2 Å². The number of carbonyl (C=O) groups is 1. The normalized spacial score (nSPS) is 18.2. The highest BCUT2D eigenvalue weighted by Crippen LogP contribution is 2.52. The molecule has 3 nitrogen and oxygen atoms in total. The highest BCUT2D eigenvalue weighted by molar-refractivity contribution is 5.86. The van der Waals surface area contributed by atoms with Gasteiger partial charge >= 0.3 is 5.97 Å². The van der Waals surface area contributed by atoms with Crippen molar-refractivity contribution in [1.29, 1.82) is 0 Å². The molecule has 1 aromatic rings. The zero-order valence-corrected chi connectivity index (χ0v) is 10.2. The number of hydrogen-bond acceptors (Lipinski definition) is 2. The molecule has 98 valence electrons. The van der Waals surface area contributed by atoms with Crippen molar-refractivity contribution in [1.82, 2.24) is 0 Å². The number of methoxy groups -OCH3 is 1. The van der Waals surface area contributed by atoms with Crippen molar-refractivity contribution < 1.29 is 23.4 Å². The van der Waals surface area contributed by atoms with Crippen molar-refractivity contribution in [3.05, 3.63) is 29.1 Å². The summed E-state index contributed by atoms with van der Waals surface area (Å²) in [6, 6.07) is 2.44. The van der Waals surface area contributed by atoms with Gasteiger partial charge in [-0.15, -0.1) is 0 Å². The van der Waals surface area contributed by atoms with Crippen LogP contribution in [0.4, 0.5) is 8.78 Å². The quantitative estimate of drug-likeness (QED) is 0.900. The molecule has 0 aliphatic heterocycles. The van der Waals surface area contributed by atoms with E-state index < -0.39 is 23.4 Å². The molecule has 0 aromatic heterocycles. The Hall–Kier alpha value is -1.65. The largest absolute Gasteiger partial charge is 0.493 e. The molecule has 1 aliphatic carbocycles. The fourth-order valence-electron chi connectivity index (χ4n) is 2.13. The van der Waals surface area contributed by atoms with Crippen molar-refractivity contribution in [2.45, 2.75) is 31.4 Å². The SMILES string of the molecule is COc1c(F)cc(C(C)F)cc1C1(C(=O)O)CC1. The Morgan fingerprint density at radius 1 is 1.50 bits per heavy atom. The molecule has 0 saturated heterocycles. The molecular weight excluding hydrogens is 242 g/mol. The topological polar surface area (TPSA) is 46.5 Å². The first kappa shape index (κ1) is 12.8. The number of alkyl halides is 1. The zero-order valence-electron chi connectivity index (χ0n) is 10.2. The van der Waals surface area contributed by atoms with Gasteiger partial charge in [0.2, 0.25) is 0 Å². The number of aliphatic carboxylic acids is 1. The Morgan fingerprint density at radius 3 is 2.50 bits per heavy atom. The van der Waals surface area contributed by atoms with Gasteiger partial charge in [-0.1, -0.05) is 0 Å². The number of ether oxygens (including phenoxy) is 1. The molecule has 0 bridgehead atoms. The fourth-order valence-corrected chi connectivity index (χ4v) is 2.13. The van der Waals surface area contributed by atoms with Gasteiger partial charge in [0, 0.05) is 5.56 Å². The van der Waals surface area contributed by atoms with E-state index in [9.17, 15) is 18.7 Å². The van der Waals surface area contributed by atoms with Gasteiger partial charge in [0.15, 0.2) is 11.6 Å². The second-order valence-electron chi connectivity index (χ2n) is 4.59. The van der Waals surface area contributed by atoms with Crippen molar-refractivity contribution in [2.24, 2.45) is 0 Å². The van der Waals surface area contributed by atoms with Crippen molar-refractivity contribution in [2.75, 3.05) is 7.11 Å². The van der Waals surface area contributed by atoms with E-state index in [4.69, 9.17) is 4.74 Å². The van der Waals surface area contributed by atoms with Crippen LogP contribution in [0.3, 0.4) is 0 Å². The fraction of sp³-hybridized carbons (Fsp3) is 0.462. The van der Waals surface area contributed by atoms with Gasteiger partial charge in [-0.05, 0) is 37.5 Å². The minimum atomic E-state index is -1.35. The van der Waals surface area contributed by atoms with E-state index in [1.165, 1.54) is 20.1 Å². The Balaban J connectivity index is 2.61. The summed E-state index contributed by atoms with van der Waals surface area (Å²) in [6.07, 6.45) is -0.515. The van der Waals surface area contributed by atoms with Gasteiger partial charge < -0.3 is 9.84 Å². The summed E-state index contributed by atoms with van der Waals surface area (Å²) in [6.45, 7) is 1.28. The summed E-state index contributed by atoms with van der Waals surface area (Å²) in [5.41, 5.74) is -0.746. The molecular formula is C13H14F2O3. The van der Waals surface area contributed by atoms with Crippen LogP contribution >= 0.6 is 0 Å². The second kappa shape index (κ2) is 4.23. The minimum absolute atomic E-state index is 0.0979. The van der Waals surface area contributed by atoms with Crippen LogP contribution in [0.25, 0.3) is 0 Å². The lowest BCUT2D eigenvalue weighted by Crippen LogP contribution is -2.21. The van der Waals surface area contributed by atoms with Gasteiger partial charge in [0.1, 0.15) is 6.17 Å². The molecule has 5 heteroatoms. The molecule has 0 radical (unpaired) electrons. The molecule has 1 N–H and O–H groups in total. The Labute approximate surface area is 103 Å². The third kappa shape index (κ3) is 1.83. The van der Waals surface area contributed by atoms with E-state index >= 15 is 0 Å². The Kier molecular flexibility index (Phi) is 3.00. The van der Waals surface area contributed by atoms with E-state index in [2.05, 4.69) is 0 Å². The summed E-state index contributed by atoms with van der Waals surface area (Å²) in [5, 5.41) is 9.23. The van der Waals surface area contributed by atoms with Gasteiger partial charge in [-0.2, -0.15) is 0 Å². The van der Waals surface area contributed by atoms with Crippen molar-refractivity contribution >= 4 is 5.97 Å². The zero-order chi connectivity index (χ0) is 13.5. The van der Waals surface area contributed by atoms with Crippen LogP contribution < -0.4 is 4.74 Å². The van der Waals surface area contributed by atoms with Crippen LogP contribution in [0.1, 0.15) is 37.1 Å². The van der Waals surface area contributed by atoms with E-state index in [1.807, 2.05) is 0 Å². The number of halogens is 2. The molecule has 1 fully saturated rings.